The normalized spacial score (nSPS) is 46.2. The fourth-order valence-electron chi connectivity index (χ4n) is 6.65. The number of hydrogen-bond acceptors (Lipinski definition) is 3. The van der Waals surface area contributed by atoms with Gasteiger partial charge in [0.05, 0.1) is 7.11 Å². The second-order valence-electron chi connectivity index (χ2n) is 8.92. The number of fused-ring (bicyclic) bond motifs is 5. The first-order valence-corrected chi connectivity index (χ1v) is 9.56. The van der Waals surface area contributed by atoms with E-state index in [4.69, 9.17) is 4.84 Å². The van der Waals surface area contributed by atoms with Gasteiger partial charge < -0.3 is 0 Å². The lowest BCUT2D eigenvalue weighted by atomic mass is 9.48. The second-order valence-corrected chi connectivity index (χ2v) is 8.92. The Balaban J connectivity index is 1.80. The van der Waals surface area contributed by atoms with Crippen LogP contribution in [0.15, 0.2) is 11.3 Å². The lowest BCUT2D eigenvalue weighted by Crippen LogP contribution is -2.50. The molecule has 0 aromatic heterocycles. The molecule has 0 radical (unpaired) electrons. The number of hydrogen-bond donors (Lipinski definition) is 1. The first-order valence-electron chi connectivity index (χ1n) is 9.56. The minimum Gasteiger partial charge on any atom is -0.299 e. The van der Waals surface area contributed by atoms with Gasteiger partial charge in [0.15, 0.2) is 0 Å². The van der Waals surface area contributed by atoms with Gasteiger partial charge >= 0.3 is 0 Å². The quantitative estimate of drug-likeness (QED) is 0.768. The molecule has 128 valence electrons. The van der Waals surface area contributed by atoms with Gasteiger partial charge in [-0.1, -0.05) is 26.7 Å². The van der Waals surface area contributed by atoms with E-state index in [-0.39, 0.29) is 5.41 Å². The molecular formula is C20H31NO2. The van der Waals surface area contributed by atoms with E-state index in [2.05, 4.69) is 19.3 Å². The Hall–Kier alpha value is -0.830. The fourth-order valence-corrected chi connectivity index (χ4v) is 6.65. The van der Waals surface area contributed by atoms with Crippen LogP contribution in [-0.4, -0.2) is 12.9 Å². The molecule has 3 fully saturated rings. The number of carbonyl (C=O) groups excluding carboxylic acids is 1. The average molecular weight is 317 g/mol. The highest BCUT2D eigenvalue weighted by Gasteiger charge is 2.58. The highest BCUT2D eigenvalue weighted by molar-refractivity contribution is 5.88. The highest BCUT2D eigenvalue weighted by atomic mass is 16.6. The second kappa shape index (κ2) is 5.34. The predicted molar refractivity (Wildman–Crippen MR) is 90.4 cm³/mol. The molecule has 0 spiro atoms. The molecule has 0 bridgehead atoms. The van der Waals surface area contributed by atoms with Crippen molar-refractivity contribution in [1.82, 2.24) is 5.48 Å². The van der Waals surface area contributed by atoms with Crippen LogP contribution in [0.2, 0.25) is 0 Å². The Morgan fingerprint density at radius 1 is 1.09 bits per heavy atom. The number of nitrogens with one attached hydrogen (secondary N) is 1. The van der Waals surface area contributed by atoms with Crippen LogP contribution in [0.3, 0.4) is 0 Å². The topological polar surface area (TPSA) is 38.3 Å². The number of allylic oxidation sites excluding steroid dienone is 2. The van der Waals surface area contributed by atoms with Crippen LogP contribution in [0.5, 0.6) is 0 Å². The molecule has 4 aliphatic rings. The molecule has 4 rings (SSSR count). The number of hydroxylamine groups is 1. The van der Waals surface area contributed by atoms with Crippen molar-refractivity contribution in [1.29, 1.82) is 0 Å². The van der Waals surface area contributed by atoms with Gasteiger partial charge in [0.2, 0.25) is 0 Å². The van der Waals surface area contributed by atoms with E-state index in [1.807, 2.05) is 0 Å². The number of Topliss-reactive ketones (excluding diaryl/α,β-unsaturated/α-hetero) is 1. The van der Waals surface area contributed by atoms with Crippen LogP contribution in [-0.2, 0) is 9.63 Å². The summed E-state index contributed by atoms with van der Waals surface area (Å²) in [5.41, 5.74) is 6.49. The summed E-state index contributed by atoms with van der Waals surface area (Å²) in [4.78, 5) is 17.9. The van der Waals surface area contributed by atoms with Crippen molar-refractivity contribution in [2.45, 2.75) is 71.6 Å². The van der Waals surface area contributed by atoms with Crippen LogP contribution >= 0.6 is 0 Å². The average Bonchev–Trinajstić information content (AvgIpc) is 2.83. The van der Waals surface area contributed by atoms with Crippen LogP contribution in [0.4, 0.5) is 0 Å². The van der Waals surface area contributed by atoms with E-state index in [0.29, 0.717) is 23.0 Å². The van der Waals surface area contributed by atoms with Crippen molar-refractivity contribution in [3.63, 3.8) is 0 Å². The zero-order chi connectivity index (χ0) is 16.2. The number of rotatable bonds is 2. The SMILES string of the molecule is CONC1=C2[C@H](CC[C@]3(C)C(=O)CC[C@@H]23)[C@@]2(C)CCCCC2C1. The van der Waals surface area contributed by atoms with E-state index in [0.717, 1.165) is 31.6 Å². The molecule has 1 unspecified atom stereocenters. The van der Waals surface area contributed by atoms with E-state index in [9.17, 15) is 4.79 Å². The molecule has 0 saturated heterocycles. The van der Waals surface area contributed by atoms with Gasteiger partial charge in [-0.25, -0.2) is 0 Å². The van der Waals surface area contributed by atoms with Gasteiger partial charge in [-0.05, 0) is 67.3 Å². The Kier molecular flexibility index (Phi) is 3.64. The molecule has 4 aliphatic carbocycles. The molecule has 3 nitrogen and oxygen atoms in total. The van der Waals surface area contributed by atoms with Crippen LogP contribution in [0.25, 0.3) is 0 Å². The minimum absolute atomic E-state index is 0.107. The molecule has 0 aliphatic heterocycles. The Morgan fingerprint density at radius 3 is 2.70 bits per heavy atom. The Labute approximate surface area is 140 Å². The molecular weight excluding hydrogens is 286 g/mol. The van der Waals surface area contributed by atoms with E-state index in [1.54, 1.807) is 12.7 Å². The molecule has 3 heteroatoms. The summed E-state index contributed by atoms with van der Waals surface area (Å²) in [7, 11) is 1.72. The summed E-state index contributed by atoms with van der Waals surface area (Å²) >= 11 is 0. The molecule has 5 atom stereocenters. The minimum atomic E-state index is -0.107. The maximum absolute atomic E-state index is 12.6. The van der Waals surface area contributed by atoms with Crippen molar-refractivity contribution in [2.24, 2.45) is 28.6 Å². The summed E-state index contributed by atoms with van der Waals surface area (Å²) in [6, 6.07) is 0. The summed E-state index contributed by atoms with van der Waals surface area (Å²) in [6.07, 6.45) is 10.7. The number of ketones is 1. The maximum atomic E-state index is 12.6. The van der Waals surface area contributed by atoms with Gasteiger partial charge in [-0.3, -0.25) is 15.1 Å². The largest absolute Gasteiger partial charge is 0.299 e. The first kappa shape index (κ1) is 15.7. The van der Waals surface area contributed by atoms with Crippen molar-refractivity contribution in [3.8, 4) is 0 Å². The summed E-state index contributed by atoms with van der Waals surface area (Å²) in [6.45, 7) is 4.78. The molecule has 0 amide bonds. The molecule has 0 aromatic rings. The maximum Gasteiger partial charge on any atom is 0.139 e. The third-order valence-electron chi connectivity index (χ3n) is 8.04. The van der Waals surface area contributed by atoms with Crippen molar-refractivity contribution in [2.75, 3.05) is 7.11 Å². The Morgan fingerprint density at radius 2 is 1.91 bits per heavy atom. The molecule has 1 N–H and O–H groups in total. The molecule has 0 aromatic carbocycles. The zero-order valence-electron chi connectivity index (χ0n) is 14.9. The summed E-state index contributed by atoms with van der Waals surface area (Å²) in [5.74, 6) is 2.39. The third-order valence-corrected chi connectivity index (χ3v) is 8.04. The van der Waals surface area contributed by atoms with E-state index >= 15 is 0 Å². The van der Waals surface area contributed by atoms with Gasteiger partial charge in [0, 0.05) is 17.5 Å². The van der Waals surface area contributed by atoms with Crippen LogP contribution in [0, 0.1) is 28.6 Å². The third kappa shape index (κ3) is 2.08. The number of carbonyl (C=O) groups is 1. The smallest absolute Gasteiger partial charge is 0.139 e. The molecule has 0 heterocycles. The van der Waals surface area contributed by atoms with Crippen LogP contribution < -0.4 is 5.48 Å². The van der Waals surface area contributed by atoms with Gasteiger partial charge in [-0.2, -0.15) is 0 Å². The van der Waals surface area contributed by atoms with Gasteiger partial charge in [0.25, 0.3) is 0 Å². The van der Waals surface area contributed by atoms with Crippen molar-refractivity contribution < 1.29 is 9.63 Å². The first-order chi connectivity index (χ1) is 11.0. The van der Waals surface area contributed by atoms with E-state index in [1.165, 1.54) is 37.8 Å². The van der Waals surface area contributed by atoms with Gasteiger partial charge in [0.1, 0.15) is 5.78 Å². The van der Waals surface area contributed by atoms with E-state index < -0.39 is 0 Å². The lowest BCUT2D eigenvalue weighted by Gasteiger charge is -2.57. The molecule has 23 heavy (non-hydrogen) atoms. The van der Waals surface area contributed by atoms with Crippen molar-refractivity contribution in [3.05, 3.63) is 11.3 Å². The summed E-state index contributed by atoms with van der Waals surface area (Å²) < 4.78 is 0. The monoisotopic (exact) mass is 317 g/mol. The van der Waals surface area contributed by atoms with Crippen molar-refractivity contribution >= 4 is 5.78 Å². The molecule has 3 saturated carbocycles. The summed E-state index contributed by atoms with van der Waals surface area (Å²) in [5, 5.41) is 0. The highest BCUT2D eigenvalue weighted by Crippen LogP contribution is 2.64. The van der Waals surface area contributed by atoms with Crippen LogP contribution in [0.1, 0.15) is 71.6 Å². The predicted octanol–water partition coefficient (Wildman–Crippen LogP) is 4.39. The zero-order valence-corrected chi connectivity index (χ0v) is 14.9. The lowest BCUT2D eigenvalue weighted by molar-refractivity contribution is -0.128. The Bertz CT molecular complexity index is 554. The standard InChI is InChI=1S/C20H31NO2/c1-19-10-5-4-6-13(19)12-16(21-23-3)18-14-7-8-17(22)20(14,2)11-9-15(18)19/h13-15,21H,4-12H2,1-3H3/t13?,14-,15-,19-,20-/m0/s1. The fraction of sp³-hybridized carbons (Fsp3) is 0.850. The van der Waals surface area contributed by atoms with Gasteiger partial charge in [-0.15, -0.1) is 0 Å².